The van der Waals surface area contributed by atoms with Gasteiger partial charge in [0.15, 0.2) is 5.82 Å². The van der Waals surface area contributed by atoms with Crippen molar-refractivity contribution < 1.29 is 18.3 Å². The SMILES string of the molecule is C[C@]12CC[C@@H]3c4ccc(OCc5ccccc5)cc4CC[C@H]3[C@@H]1C(CCCc1cn(-c3ccc(F)cc3F)nn1)CC2=O. The molecule has 3 aliphatic carbocycles. The van der Waals surface area contributed by atoms with Crippen LogP contribution in [0.25, 0.3) is 5.69 Å². The highest BCUT2D eigenvalue weighted by Gasteiger charge is 2.58. The largest absolute Gasteiger partial charge is 0.489 e. The number of rotatable bonds is 8. The third-order valence-electron chi connectivity index (χ3n) is 10.5. The lowest BCUT2D eigenvalue weighted by atomic mass is 9.54. The highest BCUT2D eigenvalue weighted by atomic mass is 19.1. The highest BCUT2D eigenvalue weighted by Crippen LogP contribution is 2.62. The Morgan fingerprint density at radius 1 is 1.05 bits per heavy atom. The molecule has 0 radical (unpaired) electrons. The van der Waals surface area contributed by atoms with Gasteiger partial charge in [0.25, 0.3) is 0 Å². The van der Waals surface area contributed by atoms with E-state index in [0.29, 0.717) is 48.9 Å². The normalized spacial score (nSPS) is 26.1. The summed E-state index contributed by atoms with van der Waals surface area (Å²) in [7, 11) is 0. The Balaban J connectivity index is 1.02. The number of ether oxygens (including phenoxy) is 1. The van der Waals surface area contributed by atoms with Crippen molar-refractivity contribution in [2.45, 2.75) is 70.8 Å². The second-order valence-electron chi connectivity index (χ2n) is 13.0. The minimum absolute atomic E-state index is 0.179. The van der Waals surface area contributed by atoms with Crippen LogP contribution in [-0.2, 0) is 24.2 Å². The van der Waals surface area contributed by atoms with Gasteiger partial charge in [0.2, 0.25) is 0 Å². The number of carbonyl (C=O) groups is 1. The molecule has 7 heteroatoms. The zero-order valence-corrected chi connectivity index (χ0v) is 24.5. The molecule has 0 amide bonds. The van der Waals surface area contributed by atoms with Gasteiger partial charge in [0, 0.05) is 17.9 Å². The van der Waals surface area contributed by atoms with Crippen LogP contribution in [0.2, 0.25) is 0 Å². The van der Waals surface area contributed by atoms with Gasteiger partial charge in [-0.2, -0.15) is 0 Å². The lowest BCUT2D eigenvalue weighted by Gasteiger charge is -2.50. The van der Waals surface area contributed by atoms with Gasteiger partial charge in [0.1, 0.15) is 29.6 Å². The lowest BCUT2D eigenvalue weighted by Crippen LogP contribution is -2.44. The predicted octanol–water partition coefficient (Wildman–Crippen LogP) is 7.80. The Morgan fingerprint density at radius 3 is 2.74 bits per heavy atom. The maximum atomic E-state index is 14.2. The fourth-order valence-electron chi connectivity index (χ4n) is 8.46. The van der Waals surface area contributed by atoms with Crippen molar-refractivity contribution in [2.24, 2.45) is 23.2 Å². The summed E-state index contributed by atoms with van der Waals surface area (Å²) in [6, 6.07) is 20.3. The average molecular weight is 582 g/mol. The molecule has 222 valence electrons. The molecule has 4 aromatic rings. The first-order valence-corrected chi connectivity index (χ1v) is 15.6. The van der Waals surface area contributed by atoms with Gasteiger partial charge >= 0.3 is 0 Å². The number of aryl methyl sites for hydroxylation is 2. The van der Waals surface area contributed by atoms with Gasteiger partial charge in [-0.05, 0) is 110 Å². The summed E-state index contributed by atoms with van der Waals surface area (Å²) in [4.78, 5) is 13.4. The number of aromatic nitrogens is 3. The molecule has 0 aliphatic heterocycles. The second kappa shape index (κ2) is 11.3. The number of benzene rings is 3. The molecule has 1 heterocycles. The average Bonchev–Trinajstić information content (AvgIpc) is 3.58. The van der Waals surface area contributed by atoms with Crippen LogP contribution < -0.4 is 4.74 Å². The minimum Gasteiger partial charge on any atom is -0.489 e. The van der Waals surface area contributed by atoms with E-state index in [0.717, 1.165) is 61.6 Å². The highest BCUT2D eigenvalue weighted by molar-refractivity contribution is 5.87. The van der Waals surface area contributed by atoms with Gasteiger partial charge in [0.05, 0.1) is 11.9 Å². The van der Waals surface area contributed by atoms with Crippen molar-refractivity contribution in [3.8, 4) is 11.4 Å². The molecule has 1 unspecified atom stereocenters. The molecule has 7 rings (SSSR count). The molecule has 3 aromatic carbocycles. The first-order chi connectivity index (χ1) is 20.9. The first-order valence-electron chi connectivity index (χ1n) is 15.6. The Labute approximate surface area is 251 Å². The van der Waals surface area contributed by atoms with Gasteiger partial charge in [-0.15, -0.1) is 5.10 Å². The van der Waals surface area contributed by atoms with Gasteiger partial charge in [-0.1, -0.05) is 48.5 Å². The van der Waals surface area contributed by atoms with Crippen LogP contribution >= 0.6 is 0 Å². The van der Waals surface area contributed by atoms with E-state index in [1.165, 1.54) is 27.9 Å². The Kier molecular flexibility index (Phi) is 7.36. The number of Topliss-reactive ketones (excluding diaryl/α,β-unsaturated/α-hetero) is 1. The Hall–Kier alpha value is -3.87. The predicted molar refractivity (Wildman–Crippen MR) is 160 cm³/mol. The maximum absolute atomic E-state index is 14.2. The van der Waals surface area contributed by atoms with Crippen molar-refractivity contribution in [3.05, 3.63) is 107 Å². The maximum Gasteiger partial charge on any atom is 0.151 e. The lowest BCUT2D eigenvalue weighted by molar-refractivity contribution is -0.129. The van der Waals surface area contributed by atoms with Crippen LogP contribution in [0.3, 0.4) is 0 Å². The molecular formula is C36H37F2N3O2. The minimum atomic E-state index is -0.669. The fraction of sp³-hybridized carbons (Fsp3) is 0.417. The zero-order valence-electron chi connectivity index (χ0n) is 24.5. The van der Waals surface area contributed by atoms with Gasteiger partial charge in [-0.25, -0.2) is 13.5 Å². The van der Waals surface area contributed by atoms with Crippen molar-refractivity contribution in [1.29, 1.82) is 0 Å². The smallest absolute Gasteiger partial charge is 0.151 e. The molecule has 2 saturated carbocycles. The van der Waals surface area contributed by atoms with E-state index in [2.05, 4.69) is 47.6 Å². The summed E-state index contributed by atoms with van der Waals surface area (Å²) in [6.07, 6.45) is 9.10. The van der Waals surface area contributed by atoms with Crippen molar-refractivity contribution in [1.82, 2.24) is 15.0 Å². The number of ketones is 1. The van der Waals surface area contributed by atoms with Crippen LogP contribution in [0.1, 0.15) is 73.8 Å². The van der Waals surface area contributed by atoms with Crippen LogP contribution in [0, 0.1) is 34.8 Å². The molecule has 0 spiro atoms. The third-order valence-corrected chi connectivity index (χ3v) is 10.5. The Morgan fingerprint density at radius 2 is 1.91 bits per heavy atom. The topological polar surface area (TPSA) is 57.0 Å². The van der Waals surface area contributed by atoms with Gasteiger partial charge in [-0.3, -0.25) is 4.79 Å². The monoisotopic (exact) mass is 581 g/mol. The van der Waals surface area contributed by atoms with E-state index in [9.17, 15) is 13.6 Å². The Bertz CT molecular complexity index is 1640. The zero-order chi connectivity index (χ0) is 29.6. The van der Waals surface area contributed by atoms with E-state index in [-0.39, 0.29) is 11.1 Å². The summed E-state index contributed by atoms with van der Waals surface area (Å²) in [6.45, 7) is 2.80. The molecule has 5 atom stereocenters. The summed E-state index contributed by atoms with van der Waals surface area (Å²) in [5.74, 6) is 1.84. The summed E-state index contributed by atoms with van der Waals surface area (Å²) >= 11 is 0. The fourth-order valence-corrected chi connectivity index (χ4v) is 8.46. The number of fused-ring (bicyclic) bond motifs is 5. The molecule has 1 aromatic heterocycles. The van der Waals surface area contributed by atoms with Crippen LogP contribution in [0.15, 0.2) is 72.9 Å². The number of hydrogen-bond acceptors (Lipinski definition) is 4. The van der Waals surface area contributed by atoms with E-state index < -0.39 is 11.6 Å². The van der Waals surface area contributed by atoms with E-state index >= 15 is 0 Å². The molecule has 5 nitrogen and oxygen atoms in total. The molecule has 2 fully saturated rings. The van der Waals surface area contributed by atoms with E-state index in [1.54, 1.807) is 6.20 Å². The van der Waals surface area contributed by atoms with E-state index in [4.69, 9.17) is 4.74 Å². The molecule has 0 N–H and O–H groups in total. The van der Waals surface area contributed by atoms with Crippen LogP contribution in [0.4, 0.5) is 8.78 Å². The number of halogens is 2. The van der Waals surface area contributed by atoms with Crippen molar-refractivity contribution in [2.75, 3.05) is 0 Å². The second-order valence-corrected chi connectivity index (χ2v) is 13.0. The van der Waals surface area contributed by atoms with Crippen molar-refractivity contribution in [3.63, 3.8) is 0 Å². The number of hydrogen-bond donors (Lipinski definition) is 0. The van der Waals surface area contributed by atoms with Gasteiger partial charge < -0.3 is 4.74 Å². The third kappa shape index (κ3) is 5.28. The number of nitrogens with zero attached hydrogens (tertiary/aromatic N) is 3. The van der Waals surface area contributed by atoms with Crippen molar-refractivity contribution >= 4 is 5.78 Å². The standard InChI is InChI=1S/C36H37F2N3O2/c1-36-17-16-30-29-14-12-28(43-22-23-6-3-2-4-7-23)18-24(29)10-13-31(30)35(36)25(19-34(36)42)8-5-9-27-21-41(40-39-27)33-15-11-26(37)20-32(33)38/h2-4,6-7,11-12,14-15,18,20-21,25,30-31,35H,5,8-10,13,16-17,19,22H2,1H3/t25?,30-,31-,35+,36-/m1/s1. The van der Waals surface area contributed by atoms with E-state index in [1.807, 2.05) is 18.2 Å². The number of carbonyl (C=O) groups excluding carboxylic acids is 1. The molecule has 0 bridgehead atoms. The summed E-state index contributed by atoms with van der Waals surface area (Å²) in [5.41, 5.74) is 4.73. The van der Waals surface area contributed by atoms with Crippen LogP contribution in [0.5, 0.6) is 5.75 Å². The summed E-state index contributed by atoms with van der Waals surface area (Å²) in [5, 5.41) is 8.30. The summed E-state index contributed by atoms with van der Waals surface area (Å²) < 4.78 is 35.0. The molecule has 43 heavy (non-hydrogen) atoms. The quantitative estimate of drug-likeness (QED) is 0.213. The molecule has 3 aliphatic rings. The van der Waals surface area contributed by atoms with Crippen LogP contribution in [-0.4, -0.2) is 20.8 Å². The first kappa shape index (κ1) is 27.9. The molecular weight excluding hydrogens is 544 g/mol. The molecule has 0 saturated heterocycles.